The Kier molecular flexibility index (Phi) is 5.08. The van der Waals surface area contributed by atoms with Crippen molar-refractivity contribution < 1.29 is 19.0 Å². The predicted molar refractivity (Wildman–Crippen MR) is 60.2 cm³/mol. The van der Waals surface area contributed by atoms with E-state index in [1.54, 1.807) is 25.3 Å². The van der Waals surface area contributed by atoms with Gasteiger partial charge in [0.05, 0.1) is 24.3 Å². The lowest BCUT2D eigenvalue weighted by Crippen LogP contribution is -2.06. The number of esters is 1. The highest BCUT2D eigenvalue weighted by atomic mass is 35.5. The molecule has 0 N–H and O–H groups in total. The number of carbonyl (C=O) groups excluding carboxylic acids is 1. The first-order valence-electron chi connectivity index (χ1n) is 4.68. The maximum absolute atomic E-state index is 11.3. The molecule has 16 heavy (non-hydrogen) atoms. The molecule has 1 aromatic rings. The highest BCUT2D eigenvalue weighted by Crippen LogP contribution is 2.25. The van der Waals surface area contributed by atoms with Crippen molar-refractivity contribution in [2.75, 3.05) is 27.4 Å². The van der Waals surface area contributed by atoms with Crippen LogP contribution < -0.4 is 4.74 Å². The molecule has 0 atom stereocenters. The summed E-state index contributed by atoms with van der Waals surface area (Å²) in [5, 5.41) is 0.448. The van der Waals surface area contributed by atoms with Gasteiger partial charge in [0, 0.05) is 7.11 Å². The van der Waals surface area contributed by atoms with Gasteiger partial charge in [-0.1, -0.05) is 11.6 Å². The number of hydrogen-bond donors (Lipinski definition) is 0. The maximum atomic E-state index is 11.3. The molecule has 0 bridgehead atoms. The Hall–Kier alpha value is -1.26. The van der Waals surface area contributed by atoms with E-state index < -0.39 is 5.97 Å². The number of benzene rings is 1. The van der Waals surface area contributed by atoms with E-state index in [9.17, 15) is 4.79 Å². The van der Waals surface area contributed by atoms with Crippen LogP contribution in [0.4, 0.5) is 0 Å². The Morgan fingerprint density at radius 2 is 2.06 bits per heavy atom. The molecule has 1 aromatic carbocycles. The van der Waals surface area contributed by atoms with Crippen molar-refractivity contribution in [1.82, 2.24) is 0 Å². The van der Waals surface area contributed by atoms with Crippen molar-refractivity contribution in [2.24, 2.45) is 0 Å². The van der Waals surface area contributed by atoms with Gasteiger partial charge in [0.2, 0.25) is 0 Å². The fraction of sp³-hybridized carbons (Fsp3) is 0.364. The lowest BCUT2D eigenvalue weighted by atomic mass is 10.2. The first-order chi connectivity index (χ1) is 7.69. The molecule has 0 aliphatic heterocycles. The minimum absolute atomic E-state index is 0.376. The van der Waals surface area contributed by atoms with Gasteiger partial charge in [0.1, 0.15) is 12.4 Å². The van der Waals surface area contributed by atoms with E-state index in [-0.39, 0.29) is 0 Å². The van der Waals surface area contributed by atoms with E-state index in [0.717, 1.165) is 0 Å². The summed E-state index contributed by atoms with van der Waals surface area (Å²) in [7, 11) is 2.90. The molecule has 0 spiro atoms. The predicted octanol–water partition coefficient (Wildman–Crippen LogP) is 2.15. The molecule has 4 nitrogen and oxygen atoms in total. The van der Waals surface area contributed by atoms with Gasteiger partial charge in [-0.05, 0) is 18.2 Å². The maximum Gasteiger partial charge on any atom is 0.337 e. The zero-order valence-corrected chi connectivity index (χ0v) is 9.91. The van der Waals surface area contributed by atoms with Crippen LogP contribution in [0.15, 0.2) is 18.2 Å². The summed E-state index contributed by atoms with van der Waals surface area (Å²) < 4.78 is 14.8. The van der Waals surface area contributed by atoms with Gasteiger partial charge in [-0.25, -0.2) is 4.79 Å². The number of hydrogen-bond acceptors (Lipinski definition) is 4. The SMILES string of the molecule is COCCOc1cc(C(=O)OC)ccc1Cl. The van der Waals surface area contributed by atoms with E-state index >= 15 is 0 Å². The molecular weight excluding hydrogens is 232 g/mol. The third-order valence-corrected chi connectivity index (χ3v) is 2.21. The van der Waals surface area contributed by atoms with Crippen LogP contribution >= 0.6 is 11.6 Å². The Bertz CT molecular complexity index is 365. The van der Waals surface area contributed by atoms with Gasteiger partial charge in [-0.3, -0.25) is 0 Å². The topological polar surface area (TPSA) is 44.8 Å². The van der Waals surface area contributed by atoms with Gasteiger partial charge < -0.3 is 14.2 Å². The van der Waals surface area contributed by atoms with E-state index in [2.05, 4.69) is 4.74 Å². The molecule has 0 aliphatic rings. The zero-order valence-electron chi connectivity index (χ0n) is 9.16. The highest BCUT2D eigenvalue weighted by Gasteiger charge is 2.09. The number of halogens is 1. The van der Waals surface area contributed by atoms with Crippen LogP contribution in [-0.2, 0) is 9.47 Å². The van der Waals surface area contributed by atoms with Crippen LogP contribution in [0.5, 0.6) is 5.75 Å². The van der Waals surface area contributed by atoms with Gasteiger partial charge in [0.25, 0.3) is 0 Å². The summed E-state index contributed by atoms with van der Waals surface area (Å²) in [6.07, 6.45) is 0. The minimum atomic E-state index is -0.423. The van der Waals surface area contributed by atoms with Crippen molar-refractivity contribution in [3.63, 3.8) is 0 Å². The standard InChI is InChI=1S/C11H13ClO4/c1-14-5-6-16-10-7-8(11(13)15-2)3-4-9(10)12/h3-4,7H,5-6H2,1-2H3. The van der Waals surface area contributed by atoms with E-state index in [1.807, 2.05) is 0 Å². The first-order valence-corrected chi connectivity index (χ1v) is 5.06. The van der Waals surface area contributed by atoms with Crippen LogP contribution in [0.1, 0.15) is 10.4 Å². The van der Waals surface area contributed by atoms with Gasteiger partial charge in [0.15, 0.2) is 0 Å². The molecular formula is C11H13ClO4. The molecule has 0 unspecified atom stereocenters. The number of methoxy groups -OCH3 is 2. The highest BCUT2D eigenvalue weighted by molar-refractivity contribution is 6.32. The zero-order chi connectivity index (χ0) is 12.0. The molecule has 0 heterocycles. The van der Waals surface area contributed by atoms with Gasteiger partial charge in [-0.2, -0.15) is 0 Å². The second-order valence-corrected chi connectivity index (χ2v) is 3.39. The Morgan fingerprint density at radius 3 is 2.69 bits per heavy atom. The summed E-state index contributed by atoms with van der Waals surface area (Å²) in [6, 6.07) is 4.72. The second-order valence-electron chi connectivity index (χ2n) is 2.98. The minimum Gasteiger partial charge on any atom is -0.490 e. The molecule has 0 saturated heterocycles. The third-order valence-electron chi connectivity index (χ3n) is 1.90. The Morgan fingerprint density at radius 1 is 1.31 bits per heavy atom. The fourth-order valence-corrected chi connectivity index (χ4v) is 1.27. The molecule has 0 aliphatic carbocycles. The van der Waals surface area contributed by atoms with Crippen molar-refractivity contribution in [1.29, 1.82) is 0 Å². The fourth-order valence-electron chi connectivity index (χ4n) is 1.09. The molecule has 1 rings (SSSR count). The summed E-state index contributed by atoms with van der Waals surface area (Å²) in [4.78, 5) is 11.3. The van der Waals surface area contributed by atoms with Gasteiger partial charge in [-0.15, -0.1) is 0 Å². The summed E-state index contributed by atoms with van der Waals surface area (Å²) >= 11 is 5.91. The van der Waals surface area contributed by atoms with Crippen LogP contribution in [0.3, 0.4) is 0 Å². The lowest BCUT2D eigenvalue weighted by molar-refractivity contribution is 0.0600. The Balaban J connectivity index is 2.78. The molecule has 88 valence electrons. The van der Waals surface area contributed by atoms with Crippen molar-refractivity contribution in [3.05, 3.63) is 28.8 Å². The summed E-state index contributed by atoms with van der Waals surface area (Å²) in [5.41, 5.74) is 0.402. The summed E-state index contributed by atoms with van der Waals surface area (Å²) in [6.45, 7) is 0.833. The van der Waals surface area contributed by atoms with Crippen LogP contribution in [0, 0.1) is 0 Å². The van der Waals surface area contributed by atoms with Crippen molar-refractivity contribution in [2.45, 2.75) is 0 Å². The number of carbonyl (C=O) groups is 1. The lowest BCUT2D eigenvalue weighted by Gasteiger charge is -2.08. The van der Waals surface area contributed by atoms with Crippen LogP contribution in [0.25, 0.3) is 0 Å². The third kappa shape index (κ3) is 3.40. The molecule has 0 saturated carbocycles. The average Bonchev–Trinajstić information content (AvgIpc) is 2.31. The van der Waals surface area contributed by atoms with E-state index in [4.69, 9.17) is 21.1 Å². The van der Waals surface area contributed by atoms with Crippen LogP contribution in [-0.4, -0.2) is 33.4 Å². The largest absolute Gasteiger partial charge is 0.490 e. The summed E-state index contributed by atoms with van der Waals surface area (Å²) in [5.74, 6) is 0.0230. The molecule has 0 amide bonds. The quantitative estimate of drug-likeness (QED) is 0.588. The van der Waals surface area contributed by atoms with Crippen molar-refractivity contribution in [3.8, 4) is 5.75 Å². The first kappa shape index (κ1) is 12.8. The Labute approximate surface area is 99.1 Å². The monoisotopic (exact) mass is 244 g/mol. The number of rotatable bonds is 5. The smallest absolute Gasteiger partial charge is 0.337 e. The number of ether oxygens (including phenoxy) is 3. The molecule has 5 heteroatoms. The second kappa shape index (κ2) is 6.35. The van der Waals surface area contributed by atoms with Crippen LogP contribution in [0.2, 0.25) is 5.02 Å². The normalized spacial score (nSPS) is 9.94. The molecule has 0 radical (unpaired) electrons. The van der Waals surface area contributed by atoms with E-state index in [1.165, 1.54) is 7.11 Å². The van der Waals surface area contributed by atoms with Gasteiger partial charge >= 0.3 is 5.97 Å². The van der Waals surface area contributed by atoms with E-state index in [0.29, 0.717) is 29.5 Å². The average molecular weight is 245 g/mol. The molecule has 0 aromatic heterocycles. The van der Waals surface area contributed by atoms with Crippen molar-refractivity contribution >= 4 is 17.6 Å². The molecule has 0 fully saturated rings.